The van der Waals surface area contributed by atoms with Crippen LogP contribution in [0, 0.1) is 0 Å². The van der Waals surface area contributed by atoms with Gasteiger partial charge in [-0.1, -0.05) is 12.8 Å². The molecule has 0 aromatic rings. The van der Waals surface area contributed by atoms with Crippen LogP contribution in [0.15, 0.2) is 0 Å². The molecule has 1 atom stereocenters. The number of amides is 2. The van der Waals surface area contributed by atoms with Gasteiger partial charge in [0.1, 0.15) is 0 Å². The van der Waals surface area contributed by atoms with Crippen LogP contribution in [0.4, 0.5) is 0 Å². The number of carbonyl (C=O) groups excluding carboxylic acids is 2. The number of carbonyl (C=O) groups is 2. The van der Waals surface area contributed by atoms with Crippen molar-refractivity contribution in [3.05, 3.63) is 0 Å². The van der Waals surface area contributed by atoms with E-state index in [-0.39, 0.29) is 18.4 Å². The van der Waals surface area contributed by atoms with E-state index in [0.29, 0.717) is 32.0 Å². The maximum atomic E-state index is 12.3. The molecule has 1 saturated heterocycles. The number of hydrogen-bond acceptors (Lipinski definition) is 4. The predicted molar refractivity (Wildman–Crippen MR) is 84.3 cm³/mol. The Morgan fingerprint density at radius 3 is 2.64 bits per heavy atom. The summed E-state index contributed by atoms with van der Waals surface area (Å²) >= 11 is 0. The Morgan fingerprint density at radius 1 is 1.32 bits per heavy atom. The average molecular weight is 311 g/mol. The molecule has 0 aromatic carbocycles. The van der Waals surface area contributed by atoms with Crippen molar-refractivity contribution in [2.45, 2.75) is 57.1 Å². The zero-order chi connectivity index (χ0) is 16.2. The largest absolute Gasteiger partial charge is 0.378 e. The van der Waals surface area contributed by atoms with Gasteiger partial charge >= 0.3 is 0 Å². The Morgan fingerprint density at radius 2 is 2.00 bits per heavy atom. The molecule has 22 heavy (non-hydrogen) atoms. The van der Waals surface area contributed by atoms with E-state index >= 15 is 0 Å². The van der Waals surface area contributed by atoms with Crippen molar-refractivity contribution in [1.29, 1.82) is 0 Å². The smallest absolute Gasteiger partial charge is 0.253 e. The monoisotopic (exact) mass is 311 g/mol. The van der Waals surface area contributed by atoms with E-state index < -0.39 is 5.60 Å². The van der Waals surface area contributed by atoms with Gasteiger partial charge < -0.3 is 20.2 Å². The Bertz CT molecular complexity index is 409. The standard InChI is InChI=1S/C16H29N3O3/c1-13(20)19-10-5-8-16(22,12-19)15(21)17-9-11-18(2)14-6-3-4-7-14/h14,22H,3-12H2,1-2H3,(H,17,21). The van der Waals surface area contributed by atoms with Gasteiger partial charge in [-0.05, 0) is 32.7 Å². The van der Waals surface area contributed by atoms with Gasteiger partial charge in [0.15, 0.2) is 5.60 Å². The topological polar surface area (TPSA) is 72.9 Å². The van der Waals surface area contributed by atoms with Crippen molar-refractivity contribution in [3.8, 4) is 0 Å². The predicted octanol–water partition coefficient (Wildman–Crippen LogP) is 0.350. The molecular weight excluding hydrogens is 282 g/mol. The number of nitrogens with zero attached hydrogens (tertiary/aromatic N) is 2. The molecule has 126 valence electrons. The summed E-state index contributed by atoms with van der Waals surface area (Å²) in [4.78, 5) is 27.6. The third kappa shape index (κ3) is 4.20. The summed E-state index contributed by atoms with van der Waals surface area (Å²) in [6.07, 6.45) is 6.14. The summed E-state index contributed by atoms with van der Waals surface area (Å²) < 4.78 is 0. The number of hydrogen-bond donors (Lipinski definition) is 2. The molecule has 1 heterocycles. The molecule has 2 aliphatic rings. The normalized spacial score (nSPS) is 26.5. The highest BCUT2D eigenvalue weighted by Crippen LogP contribution is 2.23. The summed E-state index contributed by atoms with van der Waals surface area (Å²) in [5.41, 5.74) is -1.43. The van der Waals surface area contributed by atoms with Crippen molar-refractivity contribution < 1.29 is 14.7 Å². The van der Waals surface area contributed by atoms with Crippen LogP contribution >= 0.6 is 0 Å². The highest BCUT2D eigenvalue weighted by atomic mass is 16.3. The van der Waals surface area contributed by atoms with E-state index in [9.17, 15) is 14.7 Å². The van der Waals surface area contributed by atoms with Crippen molar-refractivity contribution in [1.82, 2.24) is 15.1 Å². The fraction of sp³-hybridized carbons (Fsp3) is 0.875. The molecule has 2 rings (SSSR count). The van der Waals surface area contributed by atoms with Crippen LogP contribution in [0.2, 0.25) is 0 Å². The molecule has 2 fully saturated rings. The Balaban J connectivity index is 1.77. The lowest BCUT2D eigenvalue weighted by Crippen LogP contribution is -2.58. The quantitative estimate of drug-likeness (QED) is 0.768. The van der Waals surface area contributed by atoms with Gasteiger partial charge in [0.2, 0.25) is 5.91 Å². The minimum Gasteiger partial charge on any atom is -0.378 e. The van der Waals surface area contributed by atoms with Crippen molar-refractivity contribution in [2.24, 2.45) is 0 Å². The summed E-state index contributed by atoms with van der Waals surface area (Å²) in [6.45, 7) is 3.53. The van der Waals surface area contributed by atoms with Crippen molar-refractivity contribution >= 4 is 11.8 Å². The zero-order valence-electron chi connectivity index (χ0n) is 13.8. The van der Waals surface area contributed by atoms with Crippen LogP contribution in [-0.2, 0) is 9.59 Å². The molecule has 6 nitrogen and oxygen atoms in total. The Labute approximate surface area is 132 Å². The second-order valence-corrected chi connectivity index (χ2v) is 6.75. The lowest BCUT2D eigenvalue weighted by atomic mass is 9.92. The Hall–Kier alpha value is -1.14. The van der Waals surface area contributed by atoms with Gasteiger partial charge in [-0.2, -0.15) is 0 Å². The second kappa shape index (κ2) is 7.42. The molecular formula is C16H29N3O3. The molecule has 2 amide bonds. The van der Waals surface area contributed by atoms with Crippen LogP contribution in [0.1, 0.15) is 45.4 Å². The maximum absolute atomic E-state index is 12.3. The first-order chi connectivity index (χ1) is 10.4. The maximum Gasteiger partial charge on any atom is 0.253 e. The molecule has 0 spiro atoms. The average Bonchev–Trinajstić information content (AvgIpc) is 3.01. The third-order valence-electron chi connectivity index (χ3n) is 5.04. The van der Waals surface area contributed by atoms with Crippen molar-refractivity contribution in [3.63, 3.8) is 0 Å². The van der Waals surface area contributed by atoms with Crippen LogP contribution in [0.5, 0.6) is 0 Å². The van der Waals surface area contributed by atoms with Crippen LogP contribution in [0.3, 0.4) is 0 Å². The van der Waals surface area contributed by atoms with Gasteiger partial charge in [0, 0.05) is 32.6 Å². The number of nitrogens with one attached hydrogen (secondary N) is 1. The summed E-state index contributed by atoms with van der Waals surface area (Å²) in [5, 5.41) is 13.4. The molecule has 1 aliphatic carbocycles. The fourth-order valence-corrected chi connectivity index (χ4v) is 3.53. The molecule has 0 radical (unpaired) electrons. The minimum absolute atomic E-state index is 0.0908. The highest BCUT2D eigenvalue weighted by Gasteiger charge is 2.40. The number of rotatable bonds is 5. The first-order valence-electron chi connectivity index (χ1n) is 8.39. The minimum atomic E-state index is -1.43. The van der Waals surface area contributed by atoms with Crippen LogP contribution in [0.25, 0.3) is 0 Å². The van der Waals surface area contributed by atoms with Crippen molar-refractivity contribution in [2.75, 3.05) is 33.2 Å². The molecule has 1 unspecified atom stereocenters. The zero-order valence-corrected chi connectivity index (χ0v) is 13.8. The lowest BCUT2D eigenvalue weighted by Gasteiger charge is -2.37. The number of piperidine rings is 1. The van der Waals surface area contributed by atoms with E-state index in [2.05, 4.69) is 17.3 Å². The van der Waals surface area contributed by atoms with Gasteiger partial charge in [0.05, 0.1) is 6.54 Å². The van der Waals surface area contributed by atoms with Gasteiger partial charge in [-0.15, -0.1) is 0 Å². The van der Waals surface area contributed by atoms with Gasteiger partial charge in [0.25, 0.3) is 5.91 Å². The molecule has 0 aromatic heterocycles. The molecule has 6 heteroatoms. The van der Waals surface area contributed by atoms with Gasteiger partial charge in [-0.25, -0.2) is 0 Å². The number of likely N-dealkylation sites (N-methyl/N-ethyl adjacent to an activating group) is 1. The Kier molecular flexibility index (Phi) is 5.81. The number of β-amino-alcohol motifs (C(OH)–C–C–N with tert-alkyl or cyclic N) is 1. The second-order valence-electron chi connectivity index (χ2n) is 6.75. The molecule has 1 saturated carbocycles. The van der Waals surface area contributed by atoms with Crippen LogP contribution < -0.4 is 5.32 Å². The number of aliphatic hydroxyl groups is 1. The van der Waals surface area contributed by atoms with E-state index in [0.717, 1.165) is 6.54 Å². The third-order valence-corrected chi connectivity index (χ3v) is 5.04. The van der Waals surface area contributed by atoms with E-state index in [1.165, 1.54) is 32.6 Å². The number of likely N-dealkylation sites (tertiary alicyclic amines) is 1. The summed E-state index contributed by atoms with van der Waals surface area (Å²) in [7, 11) is 2.09. The van der Waals surface area contributed by atoms with Crippen LogP contribution in [-0.4, -0.2) is 71.6 Å². The molecule has 0 bridgehead atoms. The lowest BCUT2D eigenvalue weighted by molar-refractivity contribution is -0.150. The first kappa shape index (κ1) is 17.2. The van der Waals surface area contributed by atoms with Gasteiger partial charge in [-0.3, -0.25) is 9.59 Å². The van der Waals surface area contributed by atoms with E-state index in [1.54, 1.807) is 4.90 Å². The first-order valence-corrected chi connectivity index (χ1v) is 8.39. The van der Waals surface area contributed by atoms with E-state index in [4.69, 9.17) is 0 Å². The molecule has 2 N–H and O–H groups in total. The fourth-order valence-electron chi connectivity index (χ4n) is 3.53. The van der Waals surface area contributed by atoms with E-state index in [1.807, 2.05) is 0 Å². The summed E-state index contributed by atoms with van der Waals surface area (Å²) in [6, 6.07) is 0.628. The highest BCUT2D eigenvalue weighted by molar-refractivity contribution is 5.86. The SMILES string of the molecule is CC(=O)N1CCCC(O)(C(=O)NCCN(C)C2CCCC2)C1. The summed E-state index contributed by atoms with van der Waals surface area (Å²) in [5.74, 6) is -0.440. The molecule has 1 aliphatic heterocycles.